The van der Waals surface area contributed by atoms with Gasteiger partial charge in [0.25, 0.3) is 5.91 Å². The van der Waals surface area contributed by atoms with Crippen LogP contribution in [0.1, 0.15) is 0 Å². The maximum Gasteiger partial charge on any atom is 0.295 e. The molecular weight excluding hydrogens is 323 g/mol. The number of nitrogens with zero attached hydrogens (tertiary/aromatic N) is 1. The molecule has 1 aliphatic rings. The molecule has 1 aromatic carbocycles. The first-order chi connectivity index (χ1) is 9.63. The van der Waals surface area contributed by atoms with E-state index in [1.807, 2.05) is 0 Å². The summed E-state index contributed by atoms with van der Waals surface area (Å²) in [7, 11) is 0. The van der Waals surface area contributed by atoms with Crippen LogP contribution in [0.3, 0.4) is 0 Å². The third kappa shape index (κ3) is 2.67. The summed E-state index contributed by atoms with van der Waals surface area (Å²) in [6, 6.07) is 3.35. The molecule has 104 valence electrons. The molecule has 1 aliphatic heterocycles. The van der Waals surface area contributed by atoms with E-state index in [9.17, 15) is 4.79 Å². The summed E-state index contributed by atoms with van der Waals surface area (Å²) in [5.74, 6) is -0.286. The van der Waals surface area contributed by atoms with Gasteiger partial charge in [0.1, 0.15) is 25.0 Å². The second-order valence-electron chi connectivity index (χ2n) is 3.91. The number of ether oxygens (including phenoxy) is 2. The standard InChI is InChI=1S/C12H8Cl2N2O3S/c13-6-3-7(14)10-9(4-6)20-12(15-10)16-11(17)8-5-18-1-2-19-8/h3-5H,1-2H2,(H,15,16,17). The number of thiazole rings is 1. The summed E-state index contributed by atoms with van der Waals surface area (Å²) in [5, 5.41) is 4.03. The number of halogens is 2. The van der Waals surface area contributed by atoms with E-state index in [1.54, 1.807) is 12.1 Å². The lowest BCUT2D eigenvalue weighted by Crippen LogP contribution is -2.20. The number of fused-ring (bicyclic) bond motifs is 1. The Morgan fingerprint density at radius 1 is 1.35 bits per heavy atom. The first kappa shape index (κ1) is 13.5. The van der Waals surface area contributed by atoms with Gasteiger partial charge in [-0.3, -0.25) is 10.1 Å². The van der Waals surface area contributed by atoms with Gasteiger partial charge in [-0.1, -0.05) is 34.5 Å². The zero-order valence-electron chi connectivity index (χ0n) is 9.98. The molecule has 0 unspecified atom stereocenters. The van der Waals surface area contributed by atoms with E-state index in [2.05, 4.69) is 10.3 Å². The lowest BCUT2D eigenvalue weighted by Gasteiger charge is -2.14. The highest BCUT2D eigenvalue weighted by Crippen LogP contribution is 2.33. The van der Waals surface area contributed by atoms with Crippen LogP contribution in [0.4, 0.5) is 5.13 Å². The van der Waals surface area contributed by atoms with Gasteiger partial charge in [0.15, 0.2) is 5.13 Å². The minimum absolute atomic E-state index is 0.125. The van der Waals surface area contributed by atoms with Crippen molar-refractivity contribution < 1.29 is 14.3 Å². The van der Waals surface area contributed by atoms with Gasteiger partial charge in [-0.05, 0) is 12.1 Å². The molecule has 2 aromatic rings. The molecule has 5 nitrogen and oxygen atoms in total. The summed E-state index contributed by atoms with van der Waals surface area (Å²) in [6.07, 6.45) is 1.29. The van der Waals surface area contributed by atoms with E-state index in [0.29, 0.717) is 33.9 Å². The second kappa shape index (κ2) is 5.47. The number of benzene rings is 1. The highest BCUT2D eigenvalue weighted by atomic mass is 35.5. The van der Waals surface area contributed by atoms with Gasteiger partial charge in [-0.15, -0.1) is 0 Å². The van der Waals surface area contributed by atoms with Gasteiger partial charge >= 0.3 is 0 Å². The van der Waals surface area contributed by atoms with Gasteiger partial charge in [-0.2, -0.15) is 0 Å². The molecule has 0 spiro atoms. The fourth-order valence-corrected chi connectivity index (χ4v) is 3.24. The van der Waals surface area contributed by atoms with Crippen molar-refractivity contribution in [3.8, 4) is 0 Å². The normalized spacial score (nSPS) is 14.4. The Morgan fingerprint density at radius 3 is 2.95 bits per heavy atom. The van der Waals surface area contributed by atoms with E-state index >= 15 is 0 Å². The van der Waals surface area contributed by atoms with Crippen molar-refractivity contribution in [1.29, 1.82) is 0 Å². The highest BCUT2D eigenvalue weighted by molar-refractivity contribution is 7.22. The molecule has 0 saturated heterocycles. The zero-order chi connectivity index (χ0) is 14.1. The van der Waals surface area contributed by atoms with Crippen molar-refractivity contribution in [2.24, 2.45) is 0 Å². The van der Waals surface area contributed by atoms with E-state index in [1.165, 1.54) is 17.6 Å². The van der Waals surface area contributed by atoms with E-state index in [4.69, 9.17) is 32.7 Å². The molecule has 0 fully saturated rings. The fourth-order valence-electron chi connectivity index (χ4n) is 1.66. The predicted molar refractivity (Wildman–Crippen MR) is 78.3 cm³/mol. The molecular formula is C12H8Cl2N2O3S. The lowest BCUT2D eigenvalue weighted by atomic mass is 10.3. The van der Waals surface area contributed by atoms with Crippen LogP contribution >= 0.6 is 34.5 Å². The van der Waals surface area contributed by atoms with E-state index in [0.717, 1.165) is 4.70 Å². The van der Waals surface area contributed by atoms with E-state index < -0.39 is 5.91 Å². The number of rotatable bonds is 2. The van der Waals surface area contributed by atoms with Gasteiger partial charge < -0.3 is 9.47 Å². The molecule has 0 radical (unpaired) electrons. The van der Waals surface area contributed by atoms with Crippen molar-refractivity contribution in [1.82, 2.24) is 4.98 Å². The Balaban J connectivity index is 1.86. The van der Waals surface area contributed by atoms with Gasteiger partial charge in [0.05, 0.1) is 9.72 Å². The average Bonchev–Trinajstić information content (AvgIpc) is 2.82. The first-order valence-electron chi connectivity index (χ1n) is 5.65. The van der Waals surface area contributed by atoms with Crippen LogP contribution < -0.4 is 5.32 Å². The number of amides is 1. The monoisotopic (exact) mass is 330 g/mol. The Hall–Kier alpha value is -1.50. The number of carbonyl (C=O) groups excluding carboxylic acids is 1. The Labute approximate surface area is 128 Å². The van der Waals surface area contributed by atoms with Crippen molar-refractivity contribution >= 4 is 55.8 Å². The van der Waals surface area contributed by atoms with Crippen LogP contribution in [0.5, 0.6) is 0 Å². The van der Waals surface area contributed by atoms with Gasteiger partial charge in [0.2, 0.25) is 5.76 Å². The maximum atomic E-state index is 11.9. The zero-order valence-corrected chi connectivity index (χ0v) is 12.3. The van der Waals surface area contributed by atoms with Crippen LogP contribution in [-0.2, 0) is 14.3 Å². The number of anilines is 1. The van der Waals surface area contributed by atoms with Crippen molar-refractivity contribution in [3.05, 3.63) is 34.2 Å². The Morgan fingerprint density at radius 2 is 2.20 bits per heavy atom. The summed E-state index contributed by atoms with van der Waals surface area (Å²) in [6.45, 7) is 0.784. The number of carbonyl (C=O) groups is 1. The van der Waals surface area contributed by atoms with Gasteiger partial charge in [-0.25, -0.2) is 4.98 Å². The maximum absolute atomic E-state index is 11.9. The van der Waals surface area contributed by atoms with Crippen LogP contribution in [-0.4, -0.2) is 24.1 Å². The van der Waals surface area contributed by atoms with Crippen molar-refractivity contribution in [2.45, 2.75) is 0 Å². The molecule has 20 heavy (non-hydrogen) atoms. The average molecular weight is 331 g/mol. The summed E-state index contributed by atoms with van der Waals surface area (Å²) in [5.41, 5.74) is 0.603. The molecule has 0 saturated carbocycles. The topological polar surface area (TPSA) is 60.5 Å². The summed E-state index contributed by atoms with van der Waals surface area (Å²) in [4.78, 5) is 16.2. The van der Waals surface area contributed by atoms with Crippen molar-refractivity contribution in [3.63, 3.8) is 0 Å². The third-order valence-electron chi connectivity index (χ3n) is 2.51. The first-order valence-corrected chi connectivity index (χ1v) is 7.22. The minimum atomic E-state index is -0.411. The smallest absolute Gasteiger partial charge is 0.295 e. The van der Waals surface area contributed by atoms with Crippen LogP contribution in [0.25, 0.3) is 10.2 Å². The summed E-state index contributed by atoms with van der Waals surface area (Å²) < 4.78 is 11.0. The molecule has 1 amide bonds. The van der Waals surface area contributed by atoms with Crippen LogP contribution in [0.15, 0.2) is 24.2 Å². The highest BCUT2D eigenvalue weighted by Gasteiger charge is 2.17. The van der Waals surface area contributed by atoms with Gasteiger partial charge in [0, 0.05) is 5.02 Å². The fraction of sp³-hybridized carbons (Fsp3) is 0.167. The quantitative estimate of drug-likeness (QED) is 0.916. The molecule has 8 heteroatoms. The largest absolute Gasteiger partial charge is 0.494 e. The lowest BCUT2D eigenvalue weighted by molar-refractivity contribution is -0.117. The minimum Gasteiger partial charge on any atom is -0.494 e. The Kier molecular flexibility index (Phi) is 3.69. The van der Waals surface area contributed by atoms with Crippen molar-refractivity contribution in [2.75, 3.05) is 18.5 Å². The summed E-state index contributed by atoms with van der Waals surface area (Å²) >= 11 is 13.3. The Bertz CT molecular complexity index is 714. The molecule has 2 heterocycles. The SMILES string of the molecule is O=C(Nc1nc2c(Cl)cc(Cl)cc2s1)C1=COCCO1. The molecule has 1 N–H and O–H groups in total. The molecule has 0 bridgehead atoms. The van der Waals surface area contributed by atoms with Crippen LogP contribution in [0.2, 0.25) is 10.0 Å². The number of nitrogens with one attached hydrogen (secondary N) is 1. The molecule has 1 aromatic heterocycles. The molecule has 3 rings (SSSR count). The molecule has 0 atom stereocenters. The number of hydrogen-bond acceptors (Lipinski definition) is 5. The number of hydrogen-bond donors (Lipinski definition) is 1. The third-order valence-corrected chi connectivity index (χ3v) is 3.93. The second-order valence-corrected chi connectivity index (χ2v) is 5.78. The van der Waals surface area contributed by atoms with Crippen LogP contribution in [0, 0.1) is 0 Å². The number of aromatic nitrogens is 1. The van der Waals surface area contributed by atoms with E-state index in [-0.39, 0.29) is 5.76 Å². The predicted octanol–water partition coefficient (Wildman–Crippen LogP) is 3.43. The molecule has 0 aliphatic carbocycles.